The van der Waals surface area contributed by atoms with Crippen LogP contribution in [0.1, 0.15) is 47.3 Å². The fourth-order valence-corrected chi connectivity index (χ4v) is 4.91. The van der Waals surface area contributed by atoms with E-state index < -0.39 is 0 Å². The molecule has 3 heterocycles. The Morgan fingerprint density at radius 3 is 3.08 bits per heavy atom. The molecule has 0 unspecified atom stereocenters. The van der Waals surface area contributed by atoms with Crippen molar-refractivity contribution in [1.29, 1.82) is 0 Å². The number of thiazole rings is 1. The lowest BCUT2D eigenvalue weighted by Crippen LogP contribution is -2.43. The number of anilines is 1. The van der Waals surface area contributed by atoms with Crippen LogP contribution in [-0.4, -0.2) is 34.8 Å². The first kappa shape index (κ1) is 17.3. The van der Waals surface area contributed by atoms with Crippen molar-refractivity contribution in [3.8, 4) is 0 Å². The van der Waals surface area contributed by atoms with Gasteiger partial charge in [0.25, 0.3) is 5.91 Å². The lowest BCUT2D eigenvalue weighted by atomic mass is 9.93. The molecule has 0 aromatic carbocycles. The van der Waals surface area contributed by atoms with Crippen molar-refractivity contribution in [2.75, 3.05) is 18.4 Å². The van der Waals surface area contributed by atoms with Gasteiger partial charge in [-0.1, -0.05) is 6.92 Å². The highest BCUT2D eigenvalue weighted by Crippen LogP contribution is 2.32. The molecular weight excluding hydrogens is 350 g/mol. The highest BCUT2D eigenvalue weighted by molar-refractivity contribution is 7.15. The molecule has 1 N–H and O–H groups in total. The van der Waals surface area contributed by atoms with Gasteiger partial charge in [-0.3, -0.25) is 9.59 Å². The van der Waals surface area contributed by atoms with Gasteiger partial charge >= 0.3 is 0 Å². The van der Waals surface area contributed by atoms with Crippen LogP contribution in [0, 0.1) is 11.8 Å². The second-order valence-electron chi connectivity index (χ2n) is 7.29. The van der Waals surface area contributed by atoms with Crippen molar-refractivity contribution in [1.82, 2.24) is 9.88 Å². The third-order valence-corrected chi connectivity index (χ3v) is 6.26. The quantitative estimate of drug-likeness (QED) is 0.895. The lowest BCUT2D eigenvalue weighted by Gasteiger charge is -2.31. The predicted molar refractivity (Wildman–Crippen MR) is 99.3 cm³/mol. The molecule has 1 aliphatic heterocycles. The average Bonchev–Trinajstić information content (AvgIpc) is 3.30. The summed E-state index contributed by atoms with van der Waals surface area (Å²) in [4.78, 5) is 32.8. The van der Waals surface area contributed by atoms with Crippen LogP contribution in [-0.2, 0) is 17.6 Å². The summed E-state index contributed by atoms with van der Waals surface area (Å²) in [5.41, 5.74) is 1.14. The van der Waals surface area contributed by atoms with Gasteiger partial charge in [-0.2, -0.15) is 0 Å². The Morgan fingerprint density at radius 2 is 2.27 bits per heavy atom. The number of piperidine rings is 1. The first-order valence-electron chi connectivity index (χ1n) is 9.22. The van der Waals surface area contributed by atoms with E-state index in [1.54, 1.807) is 28.4 Å². The molecule has 4 rings (SSSR count). The molecule has 1 saturated heterocycles. The van der Waals surface area contributed by atoms with Crippen molar-refractivity contribution in [2.45, 2.75) is 39.0 Å². The van der Waals surface area contributed by atoms with E-state index in [9.17, 15) is 9.59 Å². The summed E-state index contributed by atoms with van der Waals surface area (Å²) in [6, 6.07) is 3.36. The maximum absolute atomic E-state index is 12.7. The number of carbonyl (C=O) groups is 2. The zero-order chi connectivity index (χ0) is 18.1. The van der Waals surface area contributed by atoms with Crippen LogP contribution < -0.4 is 5.32 Å². The number of nitrogens with zero attached hydrogens (tertiary/aromatic N) is 2. The normalized spacial score (nSPS) is 22.7. The summed E-state index contributed by atoms with van der Waals surface area (Å²) < 4.78 is 5.19. The lowest BCUT2D eigenvalue weighted by molar-refractivity contribution is -0.121. The summed E-state index contributed by atoms with van der Waals surface area (Å²) >= 11 is 1.60. The molecule has 2 atom stereocenters. The summed E-state index contributed by atoms with van der Waals surface area (Å²) in [5.74, 6) is 0.619. The first-order chi connectivity index (χ1) is 12.6. The second kappa shape index (κ2) is 7.23. The van der Waals surface area contributed by atoms with Crippen LogP contribution in [0.3, 0.4) is 0 Å². The van der Waals surface area contributed by atoms with Crippen LogP contribution in [0.5, 0.6) is 0 Å². The smallest absolute Gasteiger partial charge is 0.289 e. The Kier molecular flexibility index (Phi) is 4.80. The van der Waals surface area contributed by atoms with Gasteiger partial charge in [-0.05, 0) is 50.2 Å². The number of carbonyl (C=O) groups excluding carboxylic acids is 2. The minimum Gasteiger partial charge on any atom is -0.459 e. The van der Waals surface area contributed by atoms with Crippen LogP contribution in [0.25, 0.3) is 0 Å². The predicted octanol–water partition coefficient (Wildman–Crippen LogP) is 3.35. The molecule has 0 radical (unpaired) electrons. The number of aryl methyl sites for hydroxylation is 1. The van der Waals surface area contributed by atoms with E-state index in [0.29, 0.717) is 29.9 Å². The number of rotatable bonds is 3. The van der Waals surface area contributed by atoms with Crippen LogP contribution in [0.4, 0.5) is 5.13 Å². The fourth-order valence-electron chi connectivity index (χ4n) is 3.73. The van der Waals surface area contributed by atoms with E-state index in [-0.39, 0.29) is 17.7 Å². The molecule has 26 heavy (non-hydrogen) atoms. The van der Waals surface area contributed by atoms with E-state index >= 15 is 0 Å². The molecule has 1 aliphatic carbocycles. The van der Waals surface area contributed by atoms with E-state index in [1.165, 1.54) is 11.1 Å². The number of likely N-dealkylation sites (tertiary alicyclic amines) is 1. The minimum absolute atomic E-state index is 0.0407. The standard InChI is InChI=1S/C19H23N3O3S/c1-12-6-7-14-16(10-12)26-19(20-14)21-17(23)13-4-2-8-22(11-13)18(24)15-5-3-9-25-15/h3,5,9,12-13H,2,4,6-8,10-11H2,1H3,(H,20,21,23)/t12-,13+/m0/s1. The van der Waals surface area contributed by atoms with Gasteiger partial charge in [0.1, 0.15) is 0 Å². The molecule has 2 aliphatic rings. The fraction of sp³-hybridized carbons (Fsp3) is 0.526. The molecule has 7 heteroatoms. The van der Waals surface area contributed by atoms with Crippen LogP contribution >= 0.6 is 11.3 Å². The van der Waals surface area contributed by atoms with Crippen molar-refractivity contribution < 1.29 is 14.0 Å². The number of furan rings is 1. The molecule has 1 fully saturated rings. The highest BCUT2D eigenvalue weighted by atomic mass is 32.1. The Bertz CT molecular complexity index is 799. The maximum atomic E-state index is 12.7. The summed E-state index contributed by atoms with van der Waals surface area (Å²) in [7, 11) is 0. The minimum atomic E-state index is -0.206. The van der Waals surface area contributed by atoms with Crippen molar-refractivity contribution in [3.63, 3.8) is 0 Å². The third-order valence-electron chi connectivity index (χ3n) is 5.23. The monoisotopic (exact) mass is 373 g/mol. The highest BCUT2D eigenvalue weighted by Gasteiger charge is 2.30. The zero-order valence-corrected chi connectivity index (χ0v) is 15.7. The molecule has 2 aromatic heterocycles. The SMILES string of the molecule is C[C@H]1CCc2nc(NC(=O)[C@@H]3CCCN(C(=O)c4ccco4)C3)sc2C1. The molecule has 0 bridgehead atoms. The molecule has 138 valence electrons. The molecular formula is C19H23N3O3S. The molecule has 0 saturated carbocycles. The van der Waals surface area contributed by atoms with Crippen LogP contribution in [0.15, 0.2) is 22.8 Å². The Morgan fingerprint density at radius 1 is 1.38 bits per heavy atom. The van der Waals surface area contributed by atoms with Gasteiger partial charge in [-0.25, -0.2) is 4.98 Å². The summed E-state index contributed by atoms with van der Waals surface area (Å²) in [6.45, 7) is 3.34. The molecule has 2 aromatic rings. The largest absolute Gasteiger partial charge is 0.459 e. The van der Waals surface area contributed by atoms with E-state index in [1.807, 2.05) is 0 Å². The van der Waals surface area contributed by atoms with Gasteiger partial charge in [0, 0.05) is 18.0 Å². The van der Waals surface area contributed by atoms with Crippen molar-refractivity contribution in [3.05, 3.63) is 34.7 Å². The first-order valence-corrected chi connectivity index (χ1v) is 10.0. The van der Waals surface area contributed by atoms with Crippen molar-refractivity contribution in [2.24, 2.45) is 11.8 Å². The van der Waals surface area contributed by atoms with Gasteiger partial charge in [0.05, 0.1) is 17.9 Å². The Labute approximate surface area is 156 Å². The third kappa shape index (κ3) is 3.53. The van der Waals surface area contributed by atoms with E-state index in [0.717, 1.165) is 37.8 Å². The number of nitrogens with one attached hydrogen (secondary N) is 1. The van der Waals surface area contributed by atoms with Gasteiger partial charge in [0.2, 0.25) is 5.91 Å². The topological polar surface area (TPSA) is 75.4 Å². The number of aromatic nitrogens is 1. The van der Waals surface area contributed by atoms with Gasteiger partial charge < -0.3 is 14.6 Å². The van der Waals surface area contributed by atoms with Gasteiger partial charge in [-0.15, -0.1) is 11.3 Å². The maximum Gasteiger partial charge on any atom is 0.289 e. The summed E-state index contributed by atoms with van der Waals surface area (Å²) in [6.07, 6.45) is 6.31. The molecule has 6 nitrogen and oxygen atoms in total. The van der Waals surface area contributed by atoms with Crippen LogP contribution in [0.2, 0.25) is 0 Å². The van der Waals surface area contributed by atoms with Crippen molar-refractivity contribution >= 4 is 28.3 Å². The van der Waals surface area contributed by atoms with E-state index in [4.69, 9.17) is 4.42 Å². The Balaban J connectivity index is 1.39. The number of amides is 2. The number of hydrogen-bond acceptors (Lipinski definition) is 5. The summed E-state index contributed by atoms with van der Waals surface area (Å²) in [5, 5.41) is 3.68. The average molecular weight is 373 g/mol. The molecule has 0 spiro atoms. The number of hydrogen-bond donors (Lipinski definition) is 1. The second-order valence-corrected chi connectivity index (χ2v) is 8.38. The number of fused-ring (bicyclic) bond motifs is 1. The van der Waals surface area contributed by atoms with E-state index in [2.05, 4.69) is 17.2 Å². The zero-order valence-electron chi connectivity index (χ0n) is 14.9. The Hall–Kier alpha value is -2.15. The van der Waals surface area contributed by atoms with Gasteiger partial charge in [0.15, 0.2) is 10.9 Å². The molecule has 2 amide bonds.